The summed E-state index contributed by atoms with van der Waals surface area (Å²) in [6.07, 6.45) is 0. The largest absolute Gasteiger partial charge is 0.281 e. The molecule has 0 aliphatic rings. The normalized spacial score (nSPS) is 10.8. The Morgan fingerprint density at radius 3 is 2.69 bits per heavy atom. The summed E-state index contributed by atoms with van der Waals surface area (Å²) in [5.41, 5.74) is -0.0677. The van der Waals surface area contributed by atoms with Gasteiger partial charge in [0.1, 0.15) is 5.82 Å². The number of hydrogen-bond acceptors (Lipinski definition) is 3. The summed E-state index contributed by atoms with van der Waals surface area (Å²) in [6.45, 7) is 0. The van der Waals surface area contributed by atoms with Crippen molar-refractivity contribution in [2.75, 3.05) is 16.4 Å². The van der Waals surface area contributed by atoms with E-state index in [-0.39, 0.29) is 22.9 Å². The van der Waals surface area contributed by atoms with E-state index in [1.165, 1.54) is 12.1 Å². The number of anilines is 1. The molecule has 0 amide bonds. The number of nitrogens with zero attached hydrogens (tertiary/aromatic N) is 1. The molecule has 0 fully saturated rings. The minimum atomic E-state index is -3.63. The first kappa shape index (κ1) is 12.7. The van der Waals surface area contributed by atoms with Crippen LogP contribution in [0.5, 0.6) is 0 Å². The summed E-state index contributed by atoms with van der Waals surface area (Å²) < 4.78 is 37.9. The fourth-order valence-corrected chi connectivity index (χ4v) is 2.40. The van der Waals surface area contributed by atoms with E-state index in [0.29, 0.717) is 0 Å². The minimum Gasteiger partial charge on any atom is -0.281 e. The molecular formula is C9H8ClFN2O2S. The van der Waals surface area contributed by atoms with Crippen LogP contribution in [-0.4, -0.2) is 20.1 Å². The van der Waals surface area contributed by atoms with E-state index in [9.17, 15) is 12.8 Å². The van der Waals surface area contributed by atoms with Gasteiger partial charge in [0, 0.05) is 5.88 Å². The first-order valence-electron chi connectivity index (χ1n) is 4.24. The lowest BCUT2D eigenvalue weighted by Crippen LogP contribution is -2.18. The van der Waals surface area contributed by atoms with Crippen molar-refractivity contribution in [1.29, 1.82) is 5.26 Å². The average Bonchev–Trinajstić information content (AvgIpc) is 2.20. The van der Waals surface area contributed by atoms with Crippen LogP contribution in [0.3, 0.4) is 0 Å². The van der Waals surface area contributed by atoms with Gasteiger partial charge in [-0.15, -0.1) is 11.6 Å². The number of nitriles is 1. The van der Waals surface area contributed by atoms with Gasteiger partial charge in [-0.05, 0) is 18.2 Å². The van der Waals surface area contributed by atoms with Gasteiger partial charge in [0.25, 0.3) is 0 Å². The summed E-state index contributed by atoms with van der Waals surface area (Å²) in [6, 6.07) is 5.22. The molecule has 0 heterocycles. The number of alkyl halides is 1. The van der Waals surface area contributed by atoms with E-state index in [2.05, 4.69) is 0 Å². The predicted molar refractivity (Wildman–Crippen MR) is 59.2 cm³/mol. The zero-order valence-electron chi connectivity index (χ0n) is 8.07. The molecule has 0 atom stereocenters. The maximum absolute atomic E-state index is 13.3. The zero-order chi connectivity index (χ0) is 12.2. The number of sulfonamides is 1. The Morgan fingerprint density at radius 2 is 2.19 bits per heavy atom. The molecule has 16 heavy (non-hydrogen) atoms. The molecule has 1 N–H and O–H groups in total. The van der Waals surface area contributed by atoms with Crippen molar-refractivity contribution in [1.82, 2.24) is 0 Å². The van der Waals surface area contributed by atoms with Crippen LogP contribution in [0.4, 0.5) is 10.1 Å². The van der Waals surface area contributed by atoms with Crippen molar-refractivity contribution in [2.24, 2.45) is 0 Å². The first-order chi connectivity index (χ1) is 7.48. The molecule has 86 valence electrons. The van der Waals surface area contributed by atoms with Crippen LogP contribution >= 0.6 is 11.6 Å². The lowest BCUT2D eigenvalue weighted by atomic mass is 10.2. The first-order valence-corrected chi connectivity index (χ1v) is 6.43. The van der Waals surface area contributed by atoms with Gasteiger partial charge in [-0.3, -0.25) is 4.72 Å². The lowest BCUT2D eigenvalue weighted by molar-refractivity contribution is 0.600. The Balaban J connectivity index is 2.96. The Morgan fingerprint density at radius 1 is 1.50 bits per heavy atom. The van der Waals surface area contributed by atoms with Gasteiger partial charge in [0.15, 0.2) is 0 Å². The van der Waals surface area contributed by atoms with Crippen LogP contribution in [0.25, 0.3) is 0 Å². The monoisotopic (exact) mass is 262 g/mol. The third-order valence-corrected chi connectivity index (χ3v) is 3.40. The van der Waals surface area contributed by atoms with Gasteiger partial charge in [-0.1, -0.05) is 0 Å². The van der Waals surface area contributed by atoms with Gasteiger partial charge < -0.3 is 0 Å². The SMILES string of the molecule is N#Cc1ccc(NS(=O)(=O)CCCl)c(F)c1. The highest BCUT2D eigenvalue weighted by Crippen LogP contribution is 2.16. The molecule has 1 rings (SSSR count). The van der Waals surface area contributed by atoms with Crippen molar-refractivity contribution < 1.29 is 12.8 Å². The van der Waals surface area contributed by atoms with Crippen molar-refractivity contribution in [2.45, 2.75) is 0 Å². The van der Waals surface area contributed by atoms with E-state index >= 15 is 0 Å². The molecule has 0 unspecified atom stereocenters. The van der Waals surface area contributed by atoms with Crippen molar-refractivity contribution in [3.8, 4) is 6.07 Å². The van der Waals surface area contributed by atoms with Crippen molar-refractivity contribution >= 4 is 27.3 Å². The fourth-order valence-electron chi connectivity index (χ4n) is 0.988. The van der Waals surface area contributed by atoms with Gasteiger partial charge >= 0.3 is 0 Å². The standard InChI is InChI=1S/C9H8ClFN2O2S/c10-3-4-16(14,15)13-9-2-1-7(6-12)5-8(9)11/h1-2,5,13H,3-4H2. The molecule has 7 heteroatoms. The molecule has 0 saturated carbocycles. The molecule has 0 spiro atoms. The second-order valence-electron chi connectivity index (χ2n) is 2.92. The van der Waals surface area contributed by atoms with E-state index in [0.717, 1.165) is 6.07 Å². The van der Waals surface area contributed by atoms with E-state index in [1.807, 2.05) is 4.72 Å². The number of rotatable bonds is 4. The predicted octanol–water partition coefficient (Wildman–Crippen LogP) is 1.68. The van der Waals surface area contributed by atoms with Gasteiger partial charge in [-0.2, -0.15) is 5.26 Å². The quantitative estimate of drug-likeness (QED) is 0.840. The third-order valence-electron chi connectivity index (χ3n) is 1.71. The lowest BCUT2D eigenvalue weighted by Gasteiger charge is -2.07. The smallest absolute Gasteiger partial charge is 0.233 e. The zero-order valence-corrected chi connectivity index (χ0v) is 9.65. The average molecular weight is 263 g/mol. The number of nitrogens with one attached hydrogen (secondary N) is 1. The molecule has 0 saturated heterocycles. The summed E-state index contributed by atoms with van der Waals surface area (Å²) in [5.74, 6) is -1.17. The topological polar surface area (TPSA) is 70.0 Å². The van der Waals surface area contributed by atoms with E-state index in [1.54, 1.807) is 6.07 Å². The summed E-state index contributed by atoms with van der Waals surface area (Å²) >= 11 is 5.28. The summed E-state index contributed by atoms with van der Waals surface area (Å²) in [4.78, 5) is 0. The van der Waals surface area contributed by atoms with Gasteiger partial charge in [-0.25, -0.2) is 12.8 Å². The minimum absolute atomic E-state index is 0.0762. The summed E-state index contributed by atoms with van der Waals surface area (Å²) in [7, 11) is -3.63. The van der Waals surface area contributed by atoms with Crippen molar-refractivity contribution in [3.05, 3.63) is 29.6 Å². The van der Waals surface area contributed by atoms with E-state index in [4.69, 9.17) is 16.9 Å². The maximum Gasteiger partial charge on any atom is 0.233 e. The Kier molecular flexibility index (Phi) is 4.10. The van der Waals surface area contributed by atoms with Crippen LogP contribution < -0.4 is 4.72 Å². The Bertz CT molecular complexity index is 525. The second-order valence-corrected chi connectivity index (χ2v) is 5.14. The van der Waals surface area contributed by atoms with Gasteiger partial charge in [0.2, 0.25) is 10.0 Å². The van der Waals surface area contributed by atoms with Crippen LogP contribution in [0, 0.1) is 17.1 Å². The molecule has 1 aromatic rings. The molecule has 0 bridgehead atoms. The number of halogens is 2. The number of benzene rings is 1. The third kappa shape index (κ3) is 3.36. The van der Waals surface area contributed by atoms with Crippen LogP contribution in [-0.2, 0) is 10.0 Å². The highest BCUT2D eigenvalue weighted by Gasteiger charge is 2.12. The maximum atomic E-state index is 13.3. The molecule has 4 nitrogen and oxygen atoms in total. The molecule has 1 aromatic carbocycles. The van der Waals surface area contributed by atoms with Crippen LogP contribution in [0.1, 0.15) is 5.56 Å². The molecule has 0 aliphatic carbocycles. The highest BCUT2D eigenvalue weighted by molar-refractivity contribution is 7.92. The fraction of sp³-hybridized carbons (Fsp3) is 0.222. The summed E-state index contributed by atoms with van der Waals surface area (Å²) in [5, 5.41) is 8.50. The van der Waals surface area contributed by atoms with Crippen LogP contribution in [0.15, 0.2) is 18.2 Å². The van der Waals surface area contributed by atoms with Gasteiger partial charge in [0.05, 0.1) is 23.1 Å². The highest BCUT2D eigenvalue weighted by atomic mass is 35.5. The van der Waals surface area contributed by atoms with E-state index < -0.39 is 15.8 Å². The second kappa shape index (κ2) is 5.14. The number of hydrogen-bond donors (Lipinski definition) is 1. The molecule has 0 aromatic heterocycles. The van der Waals surface area contributed by atoms with Crippen molar-refractivity contribution in [3.63, 3.8) is 0 Å². The molecule has 0 aliphatic heterocycles. The Labute approximate surface area is 97.7 Å². The van der Waals surface area contributed by atoms with Crippen LogP contribution in [0.2, 0.25) is 0 Å². The Hall–Kier alpha value is -1.32. The molecular weight excluding hydrogens is 255 g/mol. The molecule has 0 radical (unpaired) electrons.